The molecule has 7 heteroatoms. The van der Waals surface area contributed by atoms with Gasteiger partial charge in [-0.15, -0.1) is 0 Å². The lowest BCUT2D eigenvalue weighted by molar-refractivity contribution is 0.0488. The van der Waals surface area contributed by atoms with Gasteiger partial charge in [0.25, 0.3) is 0 Å². The molecular formula is C10H11N3O4. The van der Waals surface area contributed by atoms with Gasteiger partial charge in [-0.05, 0) is 19.1 Å². The fourth-order valence-corrected chi connectivity index (χ4v) is 0.999. The number of pyridine rings is 1. The van der Waals surface area contributed by atoms with E-state index in [0.717, 1.165) is 0 Å². The zero-order valence-corrected chi connectivity index (χ0v) is 9.34. The fraction of sp³-hybridized carbons (Fsp3) is 0.200. The second kappa shape index (κ2) is 5.59. The number of oxime groups is 1. The van der Waals surface area contributed by atoms with E-state index in [-0.39, 0.29) is 17.1 Å². The summed E-state index contributed by atoms with van der Waals surface area (Å²) in [6, 6.07) is 2.90. The lowest BCUT2D eigenvalue weighted by atomic mass is 10.2. The maximum absolute atomic E-state index is 11.5. The predicted octanol–water partition coefficient (Wildman–Crippen LogP) is 0.317. The summed E-state index contributed by atoms with van der Waals surface area (Å²) in [5, 5.41) is 3.28. The first-order valence-electron chi connectivity index (χ1n) is 4.61. The van der Waals surface area contributed by atoms with Crippen molar-refractivity contribution in [2.75, 3.05) is 7.11 Å². The molecule has 0 aliphatic heterocycles. The van der Waals surface area contributed by atoms with Gasteiger partial charge in [0, 0.05) is 6.20 Å². The van der Waals surface area contributed by atoms with Crippen LogP contribution in [0.15, 0.2) is 23.5 Å². The molecule has 2 N–H and O–H groups in total. The highest BCUT2D eigenvalue weighted by Crippen LogP contribution is 2.08. The van der Waals surface area contributed by atoms with E-state index >= 15 is 0 Å². The van der Waals surface area contributed by atoms with E-state index in [4.69, 9.17) is 5.73 Å². The van der Waals surface area contributed by atoms with Gasteiger partial charge in [0.15, 0.2) is 5.69 Å². The molecule has 0 fully saturated rings. The summed E-state index contributed by atoms with van der Waals surface area (Å²) in [6.07, 6.45) is 1.35. The van der Waals surface area contributed by atoms with Gasteiger partial charge in [0.1, 0.15) is 5.84 Å². The molecule has 1 aromatic rings. The molecule has 0 amide bonds. The monoisotopic (exact) mass is 237 g/mol. The van der Waals surface area contributed by atoms with Crippen LogP contribution >= 0.6 is 0 Å². The van der Waals surface area contributed by atoms with Crippen LogP contribution in [0, 0.1) is 0 Å². The number of carbonyl (C=O) groups excluding carboxylic acids is 2. The molecule has 90 valence electrons. The van der Waals surface area contributed by atoms with Gasteiger partial charge in [-0.3, -0.25) is 0 Å². The van der Waals surface area contributed by atoms with Gasteiger partial charge >= 0.3 is 11.9 Å². The molecule has 0 aliphatic rings. The van der Waals surface area contributed by atoms with Crippen molar-refractivity contribution in [1.29, 1.82) is 0 Å². The minimum Gasteiger partial charge on any atom is -0.465 e. The van der Waals surface area contributed by atoms with Crippen molar-refractivity contribution in [3.63, 3.8) is 0 Å². The van der Waals surface area contributed by atoms with Crippen LogP contribution in [0.2, 0.25) is 0 Å². The highest BCUT2D eigenvalue weighted by Gasteiger charge is 2.20. The molecule has 7 nitrogen and oxygen atoms in total. The molecule has 1 heterocycles. The van der Waals surface area contributed by atoms with Crippen molar-refractivity contribution in [3.05, 3.63) is 29.6 Å². The van der Waals surface area contributed by atoms with Crippen LogP contribution in [0.4, 0.5) is 0 Å². The zero-order valence-electron chi connectivity index (χ0n) is 9.34. The Morgan fingerprint density at radius 1 is 1.41 bits per heavy atom. The summed E-state index contributed by atoms with van der Waals surface area (Å²) >= 11 is 0. The third kappa shape index (κ3) is 3.26. The Morgan fingerprint density at radius 3 is 2.71 bits per heavy atom. The number of amidine groups is 1. The summed E-state index contributed by atoms with van der Waals surface area (Å²) < 4.78 is 4.51. The number of methoxy groups -OCH3 is 1. The third-order valence-electron chi connectivity index (χ3n) is 1.68. The molecule has 0 aliphatic carbocycles. The van der Waals surface area contributed by atoms with E-state index in [2.05, 4.69) is 19.7 Å². The van der Waals surface area contributed by atoms with E-state index in [1.807, 2.05) is 0 Å². The average molecular weight is 237 g/mol. The lowest BCUT2D eigenvalue weighted by Crippen LogP contribution is -2.15. The molecule has 0 atom stereocenters. The Balaban J connectivity index is 3.01. The lowest BCUT2D eigenvalue weighted by Gasteiger charge is -2.03. The number of esters is 1. The van der Waals surface area contributed by atoms with Crippen LogP contribution in [0.1, 0.15) is 27.8 Å². The molecule has 0 saturated carbocycles. The average Bonchev–Trinajstić information content (AvgIpc) is 2.34. The van der Waals surface area contributed by atoms with Gasteiger partial charge in [0.2, 0.25) is 0 Å². The van der Waals surface area contributed by atoms with Crippen LogP contribution < -0.4 is 5.73 Å². The molecule has 0 bridgehead atoms. The summed E-state index contributed by atoms with van der Waals surface area (Å²) in [5.74, 6) is -1.48. The van der Waals surface area contributed by atoms with Gasteiger partial charge in [0.05, 0.1) is 12.7 Å². The Hall–Kier alpha value is -2.44. The molecule has 1 rings (SSSR count). The minimum atomic E-state index is -0.879. The van der Waals surface area contributed by atoms with Crippen molar-refractivity contribution in [2.24, 2.45) is 10.9 Å². The van der Waals surface area contributed by atoms with E-state index in [1.54, 1.807) is 0 Å². The third-order valence-corrected chi connectivity index (χ3v) is 1.68. The van der Waals surface area contributed by atoms with Crippen LogP contribution in [0.5, 0.6) is 0 Å². The number of rotatable bonds is 3. The van der Waals surface area contributed by atoms with Crippen LogP contribution in [0.3, 0.4) is 0 Å². The fourth-order valence-electron chi connectivity index (χ4n) is 0.999. The maximum atomic E-state index is 11.5. The maximum Gasteiger partial charge on any atom is 0.384 e. The standard InChI is InChI=1S/C10H11N3O4/c1-6(11)13-17-10(15)8-7(9(14)16-2)4-3-5-12-8/h3-5H,1-2H3,(H2,11,13). The Morgan fingerprint density at radius 2 is 2.12 bits per heavy atom. The van der Waals surface area contributed by atoms with E-state index in [9.17, 15) is 9.59 Å². The Labute approximate surface area is 97.2 Å². The van der Waals surface area contributed by atoms with Crippen LogP contribution in [-0.2, 0) is 9.57 Å². The van der Waals surface area contributed by atoms with E-state index < -0.39 is 11.9 Å². The molecule has 0 radical (unpaired) electrons. The van der Waals surface area contributed by atoms with Gasteiger partial charge in [-0.1, -0.05) is 5.16 Å². The largest absolute Gasteiger partial charge is 0.465 e. The highest BCUT2D eigenvalue weighted by molar-refractivity contribution is 6.01. The highest BCUT2D eigenvalue weighted by atomic mass is 16.7. The Bertz CT molecular complexity index is 466. The number of ether oxygens (including phenoxy) is 1. The van der Waals surface area contributed by atoms with Crippen molar-refractivity contribution in [1.82, 2.24) is 4.98 Å². The van der Waals surface area contributed by atoms with E-state index in [1.165, 1.54) is 32.4 Å². The summed E-state index contributed by atoms with van der Waals surface area (Å²) in [5.41, 5.74) is 5.03. The molecule has 0 saturated heterocycles. The molecule has 17 heavy (non-hydrogen) atoms. The smallest absolute Gasteiger partial charge is 0.384 e. The topological polar surface area (TPSA) is 104 Å². The predicted molar refractivity (Wildman–Crippen MR) is 58.3 cm³/mol. The first-order valence-corrected chi connectivity index (χ1v) is 4.61. The van der Waals surface area contributed by atoms with Crippen molar-refractivity contribution < 1.29 is 19.2 Å². The number of carbonyl (C=O) groups is 2. The van der Waals surface area contributed by atoms with Gasteiger partial charge in [-0.25, -0.2) is 14.6 Å². The first-order chi connectivity index (χ1) is 8.06. The summed E-state index contributed by atoms with van der Waals surface area (Å²) in [4.78, 5) is 31.1. The van der Waals surface area contributed by atoms with Crippen molar-refractivity contribution in [3.8, 4) is 0 Å². The number of aromatic nitrogens is 1. The SMILES string of the molecule is COC(=O)c1cccnc1C(=O)O/N=C(/C)N. The number of hydrogen-bond donors (Lipinski definition) is 1. The number of nitrogens with two attached hydrogens (primary N) is 1. The van der Waals surface area contributed by atoms with Crippen LogP contribution in [0.25, 0.3) is 0 Å². The molecule has 0 aromatic carbocycles. The van der Waals surface area contributed by atoms with Crippen molar-refractivity contribution in [2.45, 2.75) is 6.92 Å². The van der Waals surface area contributed by atoms with E-state index in [0.29, 0.717) is 0 Å². The summed E-state index contributed by atoms with van der Waals surface area (Å²) in [6.45, 7) is 1.45. The van der Waals surface area contributed by atoms with Crippen LogP contribution in [-0.4, -0.2) is 29.9 Å². The van der Waals surface area contributed by atoms with Crippen molar-refractivity contribution >= 4 is 17.8 Å². The van der Waals surface area contributed by atoms with Gasteiger partial charge in [-0.2, -0.15) is 0 Å². The molecule has 0 unspecified atom stereocenters. The summed E-state index contributed by atoms with van der Waals surface area (Å²) in [7, 11) is 1.20. The zero-order chi connectivity index (χ0) is 12.8. The van der Waals surface area contributed by atoms with Gasteiger partial charge < -0.3 is 15.3 Å². The molecule has 1 aromatic heterocycles. The normalized spacial score (nSPS) is 10.8. The second-order valence-electron chi connectivity index (χ2n) is 3.00. The molecular weight excluding hydrogens is 226 g/mol. The quantitative estimate of drug-likeness (QED) is 0.267. The second-order valence-corrected chi connectivity index (χ2v) is 3.00. The molecule has 0 spiro atoms. The Kier molecular flexibility index (Phi) is 4.15. The number of nitrogens with zero attached hydrogens (tertiary/aromatic N) is 2. The first kappa shape index (κ1) is 12.6. The minimum absolute atomic E-state index is 0.00451. The number of hydrogen-bond acceptors (Lipinski definition) is 6.